The first kappa shape index (κ1) is 11.0. The van der Waals surface area contributed by atoms with E-state index in [4.69, 9.17) is 5.26 Å². The maximum Gasteiger partial charge on any atom is 0.282 e. The lowest BCUT2D eigenvalue weighted by molar-refractivity contribution is -0.0262. The minimum absolute atomic E-state index is 0.198. The Kier molecular flexibility index (Phi) is 2.08. The van der Waals surface area contributed by atoms with E-state index in [0.717, 1.165) is 5.52 Å². The van der Waals surface area contributed by atoms with Gasteiger partial charge in [-0.15, -0.1) is 0 Å². The van der Waals surface area contributed by atoms with Gasteiger partial charge in [-0.3, -0.25) is 0 Å². The highest BCUT2D eigenvalue weighted by Gasteiger charge is 2.44. The average Bonchev–Trinajstić information content (AvgIpc) is 2.66. The lowest BCUT2D eigenvalue weighted by Crippen LogP contribution is -2.56. The maximum absolute atomic E-state index is 12.9. The minimum atomic E-state index is -2.66. The summed E-state index contributed by atoms with van der Waals surface area (Å²) >= 11 is 0. The SMILES string of the molecule is Cn1ccc2nc(C#N)c(N3CC(F)(F)C3)cc21. The van der Waals surface area contributed by atoms with Crippen LogP contribution in [0, 0.1) is 11.3 Å². The number of alkyl halides is 2. The summed E-state index contributed by atoms with van der Waals surface area (Å²) in [6.07, 6.45) is 1.83. The molecule has 1 aliphatic rings. The fraction of sp³-hybridized carbons (Fsp3) is 0.333. The predicted octanol–water partition coefficient (Wildman–Crippen LogP) is 1.90. The Hall–Kier alpha value is -2.16. The van der Waals surface area contributed by atoms with E-state index in [9.17, 15) is 8.78 Å². The number of hydrogen-bond acceptors (Lipinski definition) is 3. The zero-order valence-electron chi connectivity index (χ0n) is 9.69. The smallest absolute Gasteiger partial charge is 0.282 e. The molecule has 0 aromatic carbocycles. The van der Waals surface area contributed by atoms with Gasteiger partial charge in [-0.05, 0) is 12.1 Å². The van der Waals surface area contributed by atoms with Crippen molar-refractivity contribution in [3.63, 3.8) is 0 Å². The van der Waals surface area contributed by atoms with Crippen molar-refractivity contribution in [2.75, 3.05) is 18.0 Å². The van der Waals surface area contributed by atoms with Gasteiger partial charge in [0.05, 0.1) is 29.8 Å². The molecule has 0 N–H and O–H groups in total. The van der Waals surface area contributed by atoms with Crippen LogP contribution in [-0.4, -0.2) is 28.6 Å². The lowest BCUT2D eigenvalue weighted by Gasteiger charge is -2.40. The van der Waals surface area contributed by atoms with E-state index in [1.807, 2.05) is 23.9 Å². The Morgan fingerprint density at radius 2 is 2.17 bits per heavy atom. The van der Waals surface area contributed by atoms with Crippen molar-refractivity contribution in [2.24, 2.45) is 7.05 Å². The number of halogens is 2. The number of nitrogens with zero attached hydrogens (tertiary/aromatic N) is 4. The Morgan fingerprint density at radius 1 is 1.44 bits per heavy atom. The Labute approximate surface area is 102 Å². The normalized spacial score (nSPS) is 17.6. The van der Waals surface area contributed by atoms with Crippen molar-refractivity contribution in [1.29, 1.82) is 5.26 Å². The highest BCUT2D eigenvalue weighted by Crippen LogP contribution is 2.34. The Balaban J connectivity index is 2.10. The van der Waals surface area contributed by atoms with Gasteiger partial charge in [-0.1, -0.05) is 0 Å². The molecular weight excluding hydrogens is 238 g/mol. The second-order valence-electron chi connectivity index (χ2n) is 4.51. The molecule has 0 aliphatic carbocycles. The van der Waals surface area contributed by atoms with Crippen molar-refractivity contribution >= 4 is 16.7 Å². The minimum Gasteiger partial charge on any atom is -0.357 e. The third-order valence-corrected chi connectivity index (χ3v) is 3.14. The number of hydrogen-bond donors (Lipinski definition) is 0. The molecule has 0 bridgehead atoms. The van der Waals surface area contributed by atoms with Gasteiger partial charge >= 0.3 is 0 Å². The standard InChI is InChI=1S/C12H10F2N4/c1-17-3-2-8-10(17)4-11(9(5-15)16-8)18-6-12(13,14)7-18/h2-4H,6-7H2,1H3. The highest BCUT2D eigenvalue weighted by molar-refractivity contribution is 5.82. The summed E-state index contributed by atoms with van der Waals surface area (Å²) in [7, 11) is 1.85. The molecule has 3 rings (SSSR count). The molecule has 0 saturated carbocycles. The van der Waals surface area contributed by atoms with E-state index in [2.05, 4.69) is 4.98 Å². The fourth-order valence-corrected chi connectivity index (χ4v) is 2.18. The summed E-state index contributed by atoms with van der Waals surface area (Å²) in [5, 5.41) is 9.05. The largest absolute Gasteiger partial charge is 0.357 e. The number of fused-ring (bicyclic) bond motifs is 1. The molecular formula is C12H10F2N4. The molecule has 18 heavy (non-hydrogen) atoms. The number of nitriles is 1. The van der Waals surface area contributed by atoms with Gasteiger partial charge in [0.1, 0.15) is 6.07 Å². The topological polar surface area (TPSA) is 44.9 Å². The lowest BCUT2D eigenvalue weighted by atomic mass is 10.1. The third kappa shape index (κ3) is 1.51. The number of anilines is 1. The molecule has 92 valence electrons. The molecule has 1 fully saturated rings. The summed E-state index contributed by atoms with van der Waals surface area (Å²) in [5.74, 6) is -2.66. The van der Waals surface area contributed by atoms with Crippen LogP contribution >= 0.6 is 0 Å². The maximum atomic E-state index is 12.9. The molecule has 0 amide bonds. The van der Waals surface area contributed by atoms with Crippen LogP contribution in [0.4, 0.5) is 14.5 Å². The average molecular weight is 248 g/mol. The van der Waals surface area contributed by atoms with Gasteiger partial charge in [-0.2, -0.15) is 5.26 Å². The van der Waals surface area contributed by atoms with Gasteiger partial charge in [0.2, 0.25) is 0 Å². The first-order chi connectivity index (χ1) is 8.50. The second kappa shape index (κ2) is 3.42. The van der Waals surface area contributed by atoms with Crippen LogP contribution in [0.25, 0.3) is 11.0 Å². The second-order valence-corrected chi connectivity index (χ2v) is 4.51. The fourth-order valence-electron chi connectivity index (χ4n) is 2.18. The zero-order chi connectivity index (χ0) is 12.9. The zero-order valence-corrected chi connectivity index (χ0v) is 9.69. The monoisotopic (exact) mass is 248 g/mol. The predicted molar refractivity (Wildman–Crippen MR) is 62.6 cm³/mol. The highest BCUT2D eigenvalue weighted by atomic mass is 19.3. The molecule has 6 heteroatoms. The Morgan fingerprint density at radius 3 is 2.78 bits per heavy atom. The van der Waals surface area contributed by atoms with Crippen LogP contribution in [0.3, 0.4) is 0 Å². The van der Waals surface area contributed by atoms with Crippen molar-refractivity contribution in [3.8, 4) is 6.07 Å². The van der Waals surface area contributed by atoms with Crippen LogP contribution in [0.5, 0.6) is 0 Å². The van der Waals surface area contributed by atoms with E-state index < -0.39 is 5.92 Å². The van der Waals surface area contributed by atoms with E-state index in [1.165, 1.54) is 4.90 Å². The number of rotatable bonds is 1. The Bertz CT molecular complexity index is 661. The van der Waals surface area contributed by atoms with Crippen molar-refractivity contribution in [1.82, 2.24) is 9.55 Å². The van der Waals surface area contributed by atoms with E-state index >= 15 is 0 Å². The van der Waals surface area contributed by atoms with Gasteiger partial charge in [0, 0.05) is 13.2 Å². The molecule has 3 heterocycles. The summed E-state index contributed by atoms with van der Waals surface area (Å²) in [4.78, 5) is 5.68. The quantitative estimate of drug-likeness (QED) is 0.774. The van der Waals surface area contributed by atoms with Crippen molar-refractivity contribution < 1.29 is 8.78 Å². The van der Waals surface area contributed by atoms with Crippen LogP contribution in [0.1, 0.15) is 5.69 Å². The molecule has 1 saturated heterocycles. The van der Waals surface area contributed by atoms with Gasteiger partial charge in [0.15, 0.2) is 5.69 Å². The number of aromatic nitrogens is 2. The van der Waals surface area contributed by atoms with Gasteiger partial charge < -0.3 is 9.47 Å². The molecule has 2 aromatic rings. The first-order valence-electron chi connectivity index (χ1n) is 5.49. The third-order valence-electron chi connectivity index (χ3n) is 3.14. The molecule has 2 aromatic heterocycles. The molecule has 0 unspecified atom stereocenters. The summed E-state index contributed by atoms with van der Waals surface area (Å²) in [6, 6.07) is 5.51. The molecule has 0 radical (unpaired) electrons. The molecule has 0 spiro atoms. The van der Waals surface area contributed by atoms with Crippen molar-refractivity contribution in [3.05, 3.63) is 24.0 Å². The molecule has 4 nitrogen and oxygen atoms in total. The van der Waals surface area contributed by atoms with E-state index in [1.54, 1.807) is 12.1 Å². The summed E-state index contributed by atoms with van der Waals surface area (Å²) in [6.45, 7) is -0.696. The first-order valence-corrected chi connectivity index (χ1v) is 5.49. The van der Waals surface area contributed by atoms with Crippen molar-refractivity contribution in [2.45, 2.75) is 5.92 Å². The van der Waals surface area contributed by atoms with Gasteiger partial charge in [0.25, 0.3) is 5.92 Å². The molecule has 0 atom stereocenters. The number of pyridine rings is 1. The molecule has 1 aliphatic heterocycles. The van der Waals surface area contributed by atoms with Crippen LogP contribution in [0.15, 0.2) is 18.3 Å². The van der Waals surface area contributed by atoms with Gasteiger partial charge in [-0.25, -0.2) is 13.8 Å². The van der Waals surface area contributed by atoms with E-state index in [-0.39, 0.29) is 18.8 Å². The van der Waals surface area contributed by atoms with Crippen LogP contribution in [0.2, 0.25) is 0 Å². The summed E-state index contributed by atoms with van der Waals surface area (Å²) in [5.41, 5.74) is 2.21. The number of aryl methyl sites for hydroxylation is 1. The van der Waals surface area contributed by atoms with E-state index in [0.29, 0.717) is 11.2 Å². The van der Waals surface area contributed by atoms with Crippen LogP contribution in [-0.2, 0) is 7.05 Å². The van der Waals surface area contributed by atoms with Crippen LogP contribution < -0.4 is 4.90 Å². The summed E-state index contributed by atoms with van der Waals surface area (Å²) < 4.78 is 27.6.